The van der Waals surface area contributed by atoms with Crippen LogP contribution in [-0.2, 0) is 24.2 Å². The van der Waals surface area contributed by atoms with Crippen molar-refractivity contribution >= 4 is 5.97 Å². The summed E-state index contributed by atoms with van der Waals surface area (Å²) >= 11 is 0. The molecule has 3 aromatic rings. The molecular weight excluding hydrogens is 467 g/mol. The predicted octanol–water partition coefficient (Wildman–Crippen LogP) is 8.49. The summed E-state index contributed by atoms with van der Waals surface area (Å²) < 4.78 is 26.2. The second-order valence-electron chi connectivity index (χ2n) is 9.76. The van der Waals surface area contributed by atoms with Gasteiger partial charge in [-0.25, -0.2) is 4.39 Å². The van der Waals surface area contributed by atoms with Crippen molar-refractivity contribution in [2.75, 3.05) is 7.11 Å². The van der Waals surface area contributed by atoms with E-state index in [-0.39, 0.29) is 17.7 Å². The molecule has 0 spiro atoms. The molecule has 1 N–H and O–H groups in total. The lowest BCUT2D eigenvalue weighted by molar-refractivity contribution is -0.136. The first-order chi connectivity index (χ1) is 17.7. The Morgan fingerprint density at radius 2 is 1.70 bits per heavy atom. The molecule has 0 aliphatic rings. The fourth-order valence-electron chi connectivity index (χ4n) is 4.47. The quantitative estimate of drug-likeness (QED) is 0.266. The molecule has 37 heavy (non-hydrogen) atoms. The van der Waals surface area contributed by atoms with E-state index in [0.717, 1.165) is 41.5 Å². The molecule has 0 aromatic heterocycles. The Kier molecular flexibility index (Phi) is 11.6. The van der Waals surface area contributed by atoms with E-state index in [9.17, 15) is 9.18 Å². The number of carboxylic acid groups (broad SMARTS) is 1. The van der Waals surface area contributed by atoms with Crippen LogP contribution in [0.15, 0.2) is 60.7 Å². The molecule has 0 saturated heterocycles. The van der Waals surface area contributed by atoms with Gasteiger partial charge in [-0.3, -0.25) is 4.79 Å². The molecule has 4 nitrogen and oxygen atoms in total. The third-order valence-electron chi connectivity index (χ3n) is 6.16. The van der Waals surface area contributed by atoms with Gasteiger partial charge in [-0.2, -0.15) is 0 Å². The molecule has 0 unspecified atom stereocenters. The lowest BCUT2D eigenvalue weighted by atomic mass is 9.79. The summed E-state index contributed by atoms with van der Waals surface area (Å²) in [5.74, 6) is 0.226. The Morgan fingerprint density at radius 3 is 2.38 bits per heavy atom. The molecule has 0 amide bonds. The average Bonchev–Trinajstić information content (AvgIpc) is 2.88. The maximum Gasteiger partial charge on any atom is 0.303 e. The van der Waals surface area contributed by atoms with Crippen LogP contribution in [0.5, 0.6) is 11.5 Å². The SMILES string of the molecule is CC.CCCC(C)(C)Cc1cc(COc2cccc(CCC(=O)O)c2)ccc1-c1cc(OC)ccc1F. The molecule has 0 bridgehead atoms. The fraction of sp³-hybridized carbons (Fsp3) is 0.406. The highest BCUT2D eigenvalue weighted by atomic mass is 19.1. The number of hydrogen-bond acceptors (Lipinski definition) is 3. The second-order valence-corrected chi connectivity index (χ2v) is 9.76. The third-order valence-corrected chi connectivity index (χ3v) is 6.16. The molecule has 200 valence electrons. The number of methoxy groups -OCH3 is 1. The molecule has 0 aliphatic carbocycles. The van der Waals surface area contributed by atoms with Crippen molar-refractivity contribution in [2.45, 2.75) is 73.3 Å². The van der Waals surface area contributed by atoms with E-state index >= 15 is 0 Å². The number of aliphatic carboxylic acids is 1. The fourth-order valence-corrected chi connectivity index (χ4v) is 4.47. The van der Waals surface area contributed by atoms with Crippen LogP contribution in [0, 0.1) is 11.2 Å². The van der Waals surface area contributed by atoms with E-state index in [1.807, 2.05) is 50.2 Å². The Morgan fingerprint density at radius 1 is 0.946 bits per heavy atom. The average molecular weight is 509 g/mol. The van der Waals surface area contributed by atoms with Gasteiger partial charge in [-0.15, -0.1) is 0 Å². The minimum Gasteiger partial charge on any atom is -0.497 e. The number of carboxylic acids is 1. The van der Waals surface area contributed by atoms with Crippen LogP contribution in [0.4, 0.5) is 4.39 Å². The van der Waals surface area contributed by atoms with E-state index < -0.39 is 5.97 Å². The zero-order chi connectivity index (χ0) is 27.4. The Hall–Kier alpha value is -3.34. The minimum atomic E-state index is -0.817. The zero-order valence-corrected chi connectivity index (χ0v) is 23.1. The van der Waals surface area contributed by atoms with Crippen molar-refractivity contribution < 1.29 is 23.8 Å². The summed E-state index contributed by atoms with van der Waals surface area (Å²) in [6.07, 6.45) is 3.51. The van der Waals surface area contributed by atoms with Gasteiger partial charge in [-0.05, 0) is 77.3 Å². The van der Waals surface area contributed by atoms with Gasteiger partial charge in [0.2, 0.25) is 0 Å². The number of benzene rings is 3. The summed E-state index contributed by atoms with van der Waals surface area (Å²) in [5.41, 5.74) is 4.46. The number of aryl methyl sites for hydroxylation is 1. The monoisotopic (exact) mass is 508 g/mol. The van der Waals surface area contributed by atoms with Crippen LogP contribution < -0.4 is 9.47 Å². The number of halogens is 1. The summed E-state index contributed by atoms with van der Waals surface area (Å²) in [4.78, 5) is 10.9. The Balaban J connectivity index is 0.00000235. The first-order valence-corrected chi connectivity index (χ1v) is 13.1. The van der Waals surface area contributed by atoms with Crippen LogP contribution in [-0.4, -0.2) is 18.2 Å². The van der Waals surface area contributed by atoms with Crippen LogP contribution in [0.25, 0.3) is 11.1 Å². The van der Waals surface area contributed by atoms with E-state index in [1.165, 1.54) is 6.07 Å². The van der Waals surface area contributed by atoms with Crippen molar-refractivity contribution in [2.24, 2.45) is 5.41 Å². The van der Waals surface area contributed by atoms with Gasteiger partial charge in [0, 0.05) is 12.0 Å². The predicted molar refractivity (Wildman–Crippen MR) is 149 cm³/mol. The van der Waals surface area contributed by atoms with Gasteiger partial charge in [0.1, 0.15) is 23.9 Å². The highest BCUT2D eigenvalue weighted by Gasteiger charge is 2.21. The number of carbonyl (C=O) groups is 1. The highest BCUT2D eigenvalue weighted by Crippen LogP contribution is 2.36. The van der Waals surface area contributed by atoms with Crippen molar-refractivity contribution in [1.29, 1.82) is 0 Å². The van der Waals surface area contributed by atoms with Crippen LogP contribution >= 0.6 is 0 Å². The van der Waals surface area contributed by atoms with Gasteiger partial charge in [0.05, 0.1) is 7.11 Å². The molecule has 3 rings (SSSR count). The molecular formula is C32H41FO4. The van der Waals surface area contributed by atoms with E-state index in [4.69, 9.17) is 14.6 Å². The lowest BCUT2D eigenvalue weighted by Crippen LogP contribution is -2.15. The maximum atomic E-state index is 14.9. The van der Waals surface area contributed by atoms with Crippen LogP contribution in [0.1, 0.15) is 70.6 Å². The van der Waals surface area contributed by atoms with Gasteiger partial charge in [-0.1, -0.05) is 71.4 Å². The number of ether oxygens (including phenoxy) is 2. The molecule has 3 aromatic carbocycles. The van der Waals surface area contributed by atoms with E-state index in [2.05, 4.69) is 26.8 Å². The summed E-state index contributed by atoms with van der Waals surface area (Å²) in [7, 11) is 1.58. The summed E-state index contributed by atoms with van der Waals surface area (Å²) in [6.45, 7) is 11.0. The van der Waals surface area contributed by atoms with Gasteiger partial charge in [0.15, 0.2) is 0 Å². The molecule has 5 heteroatoms. The lowest BCUT2D eigenvalue weighted by Gasteiger charge is -2.26. The molecule has 0 atom stereocenters. The van der Waals surface area contributed by atoms with Crippen molar-refractivity contribution in [3.05, 3.63) is 83.2 Å². The second kappa shape index (κ2) is 14.4. The van der Waals surface area contributed by atoms with E-state index in [0.29, 0.717) is 30.1 Å². The number of hydrogen-bond donors (Lipinski definition) is 1. The zero-order valence-electron chi connectivity index (χ0n) is 23.1. The maximum absolute atomic E-state index is 14.9. The van der Waals surface area contributed by atoms with Gasteiger partial charge < -0.3 is 14.6 Å². The number of rotatable bonds is 12. The molecule has 0 heterocycles. The Labute approximate surface area is 221 Å². The molecule has 0 saturated carbocycles. The summed E-state index contributed by atoms with van der Waals surface area (Å²) in [5, 5.41) is 8.93. The van der Waals surface area contributed by atoms with Gasteiger partial charge in [0.25, 0.3) is 0 Å². The van der Waals surface area contributed by atoms with Crippen molar-refractivity contribution in [3.8, 4) is 22.6 Å². The topological polar surface area (TPSA) is 55.8 Å². The highest BCUT2D eigenvalue weighted by molar-refractivity contribution is 5.70. The third kappa shape index (κ3) is 9.23. The van der Waals surface area contributed by atoms with Crippen LogP contribution in [0.3, 0.4) is 0 Å². The smallest absolute Gasteiger partial charge is 0.303 e. The Bertz CT molecular complexity index is 1150. The normalized spacial score (nSPS) is 10.9. The minimum absolute atomic E-state index is 0.0663. The largest absolute Gasteiger partial charge is 0.497 e. The first-order valence-electron chi connectivity index (χ1n) is 13.1. The van der Waals surface area contributed by atoms with Crippen molar-refractivity contribution in [3.63, 3.8) is 0 Å². The molecule has 0 radical (unpaired) electrons. The standard InChI is InChI=1S/C30H35FO4.C2H6/c1-5-15-30(2,3)19-23-16-22(9-12-26(23)27-18-24(34-4)11-13-28(27)31)20-35-25-8-6-7-21(17-25)10-14-29(32)33;1-2/h6-9,11-13,16-18H,5,10,14-15,19-20H2,1-4H3,(H,32,33);1-2H3. The first kappa shape index (κ1) is 29.9. The van der Waals surface area contributed by atoms with E-state index in [1.54, 1.807) is 19.2 Å². The summed E-state index contributed by atoms with van der Waals surface area (Å²) in [6, 6.07) is 18.4. The molecule has 0 fully saturated rings. The van der Waals surface area contributed by atoms with Gasteiger partial charge >= 0.3 is 5.97 Å². The molecule has 0 aliphatic heterocycles. The van der Waals surface area contributed by atoms with Crippen molar-refractivity contribution in [1.82, 2.24) is 0 Å². The van der Waals surface area contributed by atoms with Crippen LogP contribution in [0.2, 0.25) is 0 Å².